The Labute approximate surface area is 823 Å². The molecule has 770 valence electrons. The van der Waals surface area contributed by atoms with Gasteiger partial charge in [-0.2, -0.15) is 0 Å². The zero-order valence-corrected chi connectivity index (χ0v) is 82.7. The molecule has 35 nitrogen and oxygen atoms in total. The molecule has 28 rings (SSSR count). The highest BCUT2D eigenvalue weighted by atomic mass is 16.8. The maximum atomic E-state index is 7.57. The van der Waals surface area contributed by atoms with E-state index in [-0.39, 0.29) is 45.8 Å². The molecule has 0 unspecified atom stereocenters. The lowest BCUT2D eigenvalue weighted by molar-refractivity contribution is -0.397. The molecule has 21 saturated heterocycles. The van der Waals surface area contributed by atoms with Crippen LogP contribution in [-0.2, 0) is 178 Å². The minimum absolute atomic E-state index is 0.175. The number of nitrogens with one attached hydrogen (secondary N) is 7. The van der Waals surface area contributed by atoms with E-state index in [1.54, 1.807) is 99.5 Å². The number of benzene rings is 7. The first-order chi connectivity index (χ1) is 68.8. The Bertz CT molecular complexity index is 3790. The summed E-state index contributed by atoms with van der Waals surface area (Å²) in [5.74, 6) is 0. The number of methoxy groups -OCH3 is 14. The fourth-order valence-electron chi connectivity index (χ4n) is 20.6. The van der Waals surface area contributed by atoms with E-state index in [0.717, 1.165) is 38.9 Å². The summed E-state index contributed by atoms with van der Waals surface area (Å²) in [6.07, 6.45) is -36.3. The van der Waals surface area contributed by atoms with Gasteiger partial charge in [0.1, 0.15) is 171 Å². The average Bonchev–Trinajstić information content (AvgIpc) is 0.781. The van der Waals surface area contributed by atoms with Gasteiger partial charge >= 0.3 is 0 Å². The molecular formula is C105H147N7O28. The van der Waals surface area contributed by atoms with Crippen molar-refractivity contribution in [2.24, 2.45) is 0 Å². The first-order valence-corrected chi connectivity index (χ1v) is 48.6. The summed E-state index contributed by atoms with van der Waals surface area (Å²) in [7, 11) is 22.3. The molecule has 0 aliphatic carbocycles. The van der Waals surface area contributed by atoms with E-state index in [1.807, 2.05) is 127 Å². The predicted molar refractivity (Wildman–Crippen MR) is 513 cm³/mol. The molecule has 7 aromatic carbocycles. The monoisotopic (exact) mass is 1950 g/mol. The zero-order chi connectivity index (χ0) is 97.6. The van der Waals surface area contributed by atoms with Gasteiger partial charge in [0.15, 0.2) is 44.0 Å². The fourth-order valence-corrected chi connectivity index (χ4v) is 20.6. The molecule has 35 atom stereocenters. The molecule has 7 aromatic rings. The Morgan fingerprint density at radius 3 is 0.357 bits per heavy atom. The van der Waals surface area contributed by atoms with Crippen molar-refractivity contribution in [3.05, 3.63) is 251 Å². The molecule has 21 aliphatic heterocycles. The van der Waals surface area contributed by atoms with E-state index < -0.39 is 215 Å². The lowest BCUT2D eigenvalue weighted by atomic mass is 9.94. The summed E-state index contributed by atoms with van der Waals surface area (Å²) < 4.78 is 199. The van der Waals surface area contributed by atoms with Crippen LogP contribution in [0.3, 0.4) is 0 Å². The highest BCUT2D eigenvalue weighted by Crippen LogP contribution is 2.44. The van der Waals surface area contributed by atoms with Gasteiger partial charge in [-0.15, -0.1) is 0 Å². The standard InChI is InChI=1S/C105H147N7O28/c1-113-85-78-71(57-106-50-64-36-22-15-23-37-64)127-99(92(85)120-8)135-79-72(58-107-51-65-38-24-16-25-39-65)129-101(94(122-10)86(79)114-2)137-81-74(60-109-53-67-42-28-18-29-43-67)131-103(96(124-12)88(81)116-4)139-83-76(62-111-55-69-46-32-20-33-47-69)133-105(98(126-14)90(83)118-6)140-84-77(63-112-56-70-48-34-21-35-49-70)132-104(97(125-13)91(84)119-7)138-82-75(61-110-54-68-44-30-19-31-45-68)130-102(95(123-11)89(82)117-5)136-80-73(59-108-52-66-40-26-17-27-41-66)128-100(134-78)93(121-9)87(80)115-3/h15-49,71-112H,50-63H2,1-14H3/t71-,72-,73-,74-,75-,76-,77-,78-,79-,80-,81-,82-,83-,84-,85+,86+,87+,88+,89+,90+,91+,92-,93-,94-,95-,96-,97-,98-,99-,100-,101-,102-,103-,104-,105-/m1/s1. The second-order valence-electron chi connectivity index (χ2n) is 36.1. The fraction of sp³-hybridized carbons (Fsp3) is 0.600. The Morgan fingerprint density at radius 1 is 0.150 bits per heavy atom. The van der Waals surface area contributed by atoms with E-state index in [1.165, 1.54) is 0 Å². The maximum absolute atomic E-state index is 7.57. The zero-order valence-electron chi connectivity index (χ0n) is 82.7. The van der Waals surface area contributed by atoms with Crippen LogP contribution in [0.15, 0.2) is 212 Å². The first kappa shape index (κ1) is 107. The molecule has 35 heteroatoms. The lowest BCUT2D eigenvalue weighted by Crippen LogP contribution is -2.70. The van der Waals surface area contributed by atoms with Gasteiger partial charge in [0.05, 0.1) is 0 Å². The highest BCUT2D eigenvalue weighted by molar-refractivity contribution is 5.21. The molecule has 0 aromatic heterocycles. The third-order valence-corrected chi connectivity index (χ3v) is 27.6. The van der Waals surface area contributed by atoms with Crippen LogP contribution in [0.5, 0.6) is 0 Å². The van der Waals surface area contributed by atoms with Gasteiger partial charge < -0.3 is 170 Å². The highest BCUT2D eigenvalue weighted by Gasteiger charge is 2.62. The van der Waals surface area contributed by atoms with Gasteiger partial charge in [0.25, 0.3) is 0 Å². The Hall–Kier alpha value is -6.86. The molecule has 0 spiro atoms. The van der Waals surface area contributed by atoms with Crippen molar-refractivity contribution in [1.29, 1.82) is 0 Å². The van der Waals surface area contributed by atoms with Gasteiger partial charge in [-0.05, 0) is 38.9 Å². The van der Waals surface area contributed by atoms with Crippen molar-refractivity contribution in [3.8, 4) is 0 Å². The van der Waals surface area contributed by atoms with Crippen molar-refractivity contribution < 1.29 is 133 Å². The summed E-state index contributed by atoms with van der Waals surface area (Å²) in [5, 5.41) is 25.8. The molecule has 0 radical (unpaired) electrons. The Morgan fingerprint density at radius 2 is 0.257 bits per heavy atom. The largest absolute Gasteiger partial charge is 0.376 e. The third kappa shape index (κ3) is 26.9. The lowest BCUT2D eigenvalue weighted by Gasteiger charge is -2.53. The molecular weight excluding hydrogens is 1810 g/mol. The van der Waals surface area contributed by atoms with Gasteiger partial charge in [0.2, 0.25) is 0 Å². The number of hydrogen-bond donors (Lipinski definition) is 7. The van der Waals surface area contributed by atoms with Crippen molar-refractivity contribution in [1.82, 2.24) is 37.2 Å². The van der Waals surface area contributed by atoms with Crippen molar-refractivity contribution in [2.75, 3.05) is 145 Å². The van der Waals surface area contributed by atoms with Gasteiger partial charge in [-0.3, -0.25) is 0 Å². The van der Waals surface area contributed by atoms with Crippen LogP contribution in [0.2, 0.25) is 0 Å². The van der Waals surface area contributed by atoms with Crippen molar-refractivity contribution in [2.45, 2.75) is 261 Å². The summed E-state index contributed by atoms with van der Waals surface area (Å²) in [6.45, 7) is 4.32. The van der Waals surface area contributed by atoms with Gasteiger partial charge in [-0.25, -0.2) is 0 Å². The average molecular weight is 1960 g/mol. The maximum Gasteiger partial charge on any atom is 0.187 e. The molecule has 140 heavy (non-hydrogen) atoms. The van der Waals surface area contributed by atoms with Crippen molar-refractivity contribution >= 4 is 0 Å². The molecule has 7 N–H and O–H groups in total. The normalized spacial score (nSPS) is 35.6. The Kier molecular flexibility index (Phi) is 42.2. The predicted octanol–water partition coefficient (Wildman–Crippen LogP) is 6.51. The summed E-state index contributed by atoms with van der Waals surface area (Å²) in [6, 6.07) is 70.5. The van der Waals surface area contributed by atoms with Crippen LogP contribution in [0.25, 0.3) is 0 Å². The van der Waals surface area contributed by atoms with E-state index in [2.05, 4.69) is 122 Å². The topological polar surface area (TPSA) is 343 Å². The van der Waals surface area contributed by atoms with Crippen LogP contribution in [0.4, 0.5) is 0 Å². The second kappa shape index (κ2) is 55.1. The van der Waals surface area contributed by atoms with E-state index in [4.69, 9.17) is 133 Å². The smallest absolute Gasteiger partial charge is 0.187 e. The van der Waals surface area contributed by atoms with Gasteiger partial charge in [0, 0.05) is 191 Å². The number of ether oxygens (including phenoxy) is 28. The SMILES string of the molecule is CO[C@@H]1[C@@H](OC)[C@H]2O[C@H]3[C@H](OC)[C@@H](OC)[C@@H](O[C@H]4[C@H](OC)[C@@H](OC)[C@@H](O[C@H]5[C@H](OC)[C@@H](OC)[C@@H](O[C@H]6[C@H](OC)[C@@H](OC)[C@@H](O[C@H]7[C@H](OC)[C@@H](OC)[C@@H](O[C@H]8[C@H](OC)[C@@H](OC)[C@@H](O[C@@H]1[C@@H](CNCc1ccccc1)O2)O[C@@H]8CNCc1ccccc1)O[C@@H]7CNCc1ccccc1)O[C@@H]6CNCc1ccccc1)O[C@@H]5CNCc1ccccc1)O[C@@H]4CNCc1ccccc1)O[C@@H]3CNCc1ccccc1. The van der Waals surface area contributed by atoms with Crippen LogP contribution in [0, 0.1) is 0 Å². The summed E-state index contributed by atoms with van der Waals surface area (Å²) in [4.78, 5) is 0. The molecule has 0 amide bonds. The molecule has 21 aliphatic rings. The number of rotatable bonds is 42. The molecule has 21 heterocycles. The van der Waals surface area contributed by atoms with E-state index >= 15 is 0 Å². The Balaban J connectivity index is 0.858. The van der Waals surface area contributed by atoms with Gasteiger partial charge in [-0.1, -0.05) is 212 Å². The van der Waals surface area contributed by atoms with Crippen LogP contribution in [0.1, 0.15) is 38.9 Å². The molecule has 0 saturated carbocycles. The third-order valence-electron chi connectivity index (χ3n) is 27.6. The van der Waals surface area contributed by atoms with Crippen LogP contribution in [-0.4, -0.2) is 360 Å². The van der Waals surface area contributed by atoms with Crippen molar-refractivity contribution in [3.63, 3.8) is 0 Å². The van der Waals surface area contributed by atoms with Crippen LogP contribution >= 0.6 is 0 Å². The summed E-state index contributed by atoms with van der Waals surface area (Å²) in [5.41, 5.74) is 7.16. The number of hydrogen-bond acceptors (Lipinski definition) is 35. The summed E-state index contributed by atoms with van der Waals surface area (Å²) >= 11 is 0. The molecule has 21 fully saturated rings. The molecule has 14 bridgehead atoms. The van der Waals surface area contributed by atoms with E-state index in [0.29, 0.717) is 45.8 Å². The van der Waals surface area contributed by atoms with Crippen LogP contribution < -0.4 is 37.2 Å². The first-order valence-electron chi connectivity index (χ1n) is 48.6. The minimum atomic E-state index is -1.24. The minimum Gasteiger partial charge on any atom is -0.376 e. The quantitative estimate of drug-likeness (QED) is 0.0214. The second-order valence-corrected chi connectivity index (χ2v) is 36.1. The van der Waals surface area contributed by atoms with E-state index in [9.17, 15) is 0 Å².